The van der Waals surface area contributed by atoms with Gasteiger partial charge in [-0.15, -0.1) is 0 Å². The second-order valence-corrected chi connectivity index (χ2v) is 4.87. The summed E-state index contributed by atoms with van der Waals surface area (Å²) in [4.78, 5) is 10.5. The van der Waals surface area contributed by atoms with E-state index in [-0.39, 0.29) is 0 Å². The van der Waals surface area contributed by atoms with E-state index in [0.717, 1.165) is 18.4 Å². The van der Waals surface area contributed by atoms with E-state index in [4.69, 9.17) is 21.4 Å². The molecular formula is C14H15ClO3. The second kappa shape index (κ2) is 5.91. The van der Waals surface area contributed by atoms with Crippen molar-refractivity contribution in [3.8, 4) is 5.75 Å². The SMILES string of the molecule is O=C(O)C=Cc1cc(Cl)ccc1OCCC1CC1. The Labute approximate surface area is 111 Å². The number of halogens is 1. The van der Waals surface area contributed by atoms with Crippen molar-refractivity contribution in [3.05, 3.63) is 34.9 Å². The summed E-state index contributed by atoms with van der Waals surface area (Å²) in [7, 11) is 0. The van der Waals surface area contributed by atoms with Gasteiger partial charge in [-0.25, -0.2) is 4.79 Å². The monoisotopic (exact) mass is 266 g/mol. The van der Waals surface area contributed by atoms with Gasteiger partial charge in [0.15, 0.2) is 0 Å². The molecule has 0 bridgehead atoms. The van der Waals surface area contributed by atoms with Crippen molar-refractivity contribution < 1.29 is 14.6 Å². The molecule has 1 aliphatic rings. The summed E-state index contributed by atoms with van der Waals surface area (Å²) in [5.41, 5.74) is 0.695. The van der Waals surface area contributed by atoms with Crippen molar-refractivity contribution in [2.75, 3.05) is 6.61 Å². The first kappa shape index (κ1) is 13.0. The van der Waals surface area contributed by atoms with Gasteiger partial charge >= 0.3 is 5.97 Å². The van der Waals surface area contributed by atoms with E-state index >= 15 is 0 Å². The van der Waals surface area contributed by atoms with Crippen LogP contribution in [-0.2, 0) is 4.79 Å². The average Bonchev–Trinajstić information content (AvgIpc) is 3.13. The predicted octanol–water partition coefficient (Wildman–Crippen LogP) is 3.62. The van der Waals surface area contributed by atoms with E-state index in [1.54, 1.807) is 18.2 Å². The molecule has 0 atom stereocenters. The minimum absolute atomic E-state index is 0.564. The molecule has 1 aromatic carbocycles. The van der Waals surface area contributed by atoms with E-state index in [0.29, 0.717) is 22.9 Å². The number of carboxylic acid groups (broad SMARTS) is 1. The van der Waals surface area contributed by atoms with Gasteiger partial charge in [0.05, 0.1) is 6.61 Å². The van der Waals surface area contributed by atoms with Gasteiger partial charge in [0.1, 0.15) is 5.75 Å². The number of hydrogen-bond acceptors (Lipinski definition) is 2. The molecule has 4 heteroatoms. The van der Waals surface area contributed by atoms with Gasteiger partial charge in [-0.2, -0.15) is 0 Å². The van der Waals surface area contributed by atoms with Crippen LogP contribution in [0.1, 0.15) is 24.8 Å². The van der Waals surface area contributed by atoms with Crippen LogP contribution >= 0.6 is 11.6 Å². The van der Waals surface area contributed by atoms with E-state index in [1.807, 2.05) is 0 Å². The summed E-state index contributed by atoms with van der Waals surface area (Å²) in [6.07, 6.45) is 6.25. The number of carbonyl (C=O) groups is 1. The highest BCUT2D eigenvalue weighted by Gasteiger charge is 2.20. The third-order valence-corrected chi connectivity index (χ3v) is 3.09. The molecule has 0 heterocycles. The minimum Gasteiger partial charge on any atom is -0.493 e. The lowest BCUT2D eigenvalue weighted by molar-refractivity contribution is -0.131. The van der Waals surface area contributed by atoms with Gasteiger partial charge in [0, 0.05) is 16.7 Å². The fourth-order valence-corrected chi connectivity index (χ4v) is 1.86. The van der Waals surface area contributed by atoms with Gasteiger partial charge in [-0.3, -0.25) is 0 Å². The first-order chi connectivity index (χ1) is 8.65. The predicted molar refractivity (Wildman–Crippen MR) is 71.0 cm³/mol. The molecule has 1 aliphatic carbocycles. The first-order valence-electron chi connectivity index (χ1n) is 5.98. The van der Waals surface area contributed by atoms with E-state index in [1.165, 1.54) is 18.9 Å². The Bertz CT molecular complexity index is 464. The normalized spacial score (nSPS) is 14.9. The molecule has 0 radical (unpaired) electrons. The summed E-state index contributed by atoms with van der Waals surface area (Å²) >= 11 is 5.89. The van der Waals surface area contributed by atoms with Crippen molar-refractivity contribution in [1.29, 1.82) is 0 Å². The van der Waals surface area contributed by atoms with Crippen LogP contribution in [-0.4, -0.2) is 17.7 Å². The number of aliphatic carboxylic acids is 1. The maximum atomic E-state index is 10.5. The molecule has 1 N–H and O–H groups in total. The van der Waals surface area contributed by atoms with Crippen molar-refractivity contribution >= 4 is 23.6 Å². The number of carboxylic acids is 1. The zero-order valence-corrected chi connectivity index (χ0v) is 10.7. The van der Waals surface area contributed by atoms with Gasteiger partial charge in [-0.05, 0) is 36.6 Å². The second-order valence-electron chi connectivity index (χ2n) is 4.43. The molecule has 1 aromatic rings. The molecule has 0 aromatic heterocycles. The Kier molecular flexibility index (Phi) is 4.26. The average molecular weight is 267 g/mol. The van der Waals surface area contributed by atoms with Crippen LogP contribution in [0.3, 0.4) is 0 Å². The zero-order valence-electron chi connectivity index (χ0n) is 9.93. The molecule has 3 nitrogen and oxygen atoms in total. The van der Waals surface area contributed by atoms with Crippen LogP contribution in [0, 0.1) is 5.92 Å². The van der Waals surface area contributed by atoms with E-state index in [9.17, 15) is 4.79 Å². The highest BCUT2D eigenvalue weighted by atomic mass is 35.5. The van der Waals surface area contributed by atoms with Crippen LogP contribution in [0.5, 0.6) is 5.75 Å². The minimum atomic E-state index is -0.987. The first-order valence-corrected chi connectivity index (χ1v) is 6.36. The fourth-order valence-electron chi connectivity index (χ4n) is 1.68. The standard InChI is InChI=1S/C14H15ClO3/c15-12-4-5-13(18-8-7-10-1-2-10)11(9-12)3-6-14(16)17/h3-6,9-10H,1-2,7-8H2,(H,16,17). The Balaban J connectivity index is 2.03. The van der Waals surface area contributed by atoms with Crippen LogP contribution in [0.25, 0.3) is 6.08 Å². The molecule has 1 fully saturated rings. The molecule has 1 saturated carbocycles. The van der Waals surface area contributed by atoms with Gasteiger partial charge in [-0.1, -0.05) is 24.4 Å². The topological polar surface area (TPSA) is 46.5 Å². The summed E-state index contributed by atoms with van der Waals surface area (Å²) in [6.45, 7) is 0.667. The summed E-state index contributed by atoms with van der Waals surface area (Å²) in [5, 5.41) is 9.20. The fraction of sp³-hybridized carbons (Fsp3) is 0.357. The lowest BCUT2D eigenvalue weighted by Crippen LogP contribution is -1.99. The van der Waals surface area contributed by atoms with E-state index < -0.39 is 5.97 Å². The Hall–Kier alpha value is -1.48. The van der Waals surface area contributed by atoms with Crippen molar-refractivity contribution in [3.63, 3.8) is 0 Å². The van der Waals surface area contributed by atoms with Crippen molar-refractivity contribution in [2.24, 2.45) is 5.92 Å². The quantitative estimate of drug-likeness (QED) is 0.800. The summed E-state index contributed by atoms with van der Waals surface area (Å²) < 4.78 is 5.67. The number of hydrogen-bond donors (Lipinski definition) is 1. The largest absolute Gasteiger partial charge is 0.493 e. The number of rotatable bonds is 6. The summed E-state index contributed by atoms with van der Waals surface area (Å²) in [5.74, 6) is 0.506. The van der Waals surface area contributed by atoms with Crippen molar-refractivity contribution in [2.45, 2.75) is 19.3 Å². The maximum Gasteiger partial charge on any atom is 0.328 e. The molecule has 0 amide bonds. The van der Waals surface area contributed by atoms with Crippen LogP contribution in [0.2, 0.25) is 5.02 Å². The highest BCUT2D eigenvalue weighted by molar-refractivity contribution is 6.30. The third kappa shape index (κ3) is 4.08. The van der Waals surface area contributed by atoms with Crippen molar-refractivity contribution in [1.82, 2.24) is 0 Å². The molecule has 0 saturated heterocycles. The smallest absolute Gasteiger partial charge is 0.328 e. The molecule has 0 spiro atoms. The van der Waals surface area contributed by atoms with E-state index in [2.05, 4.69) is 0 Å². The molecular weight excluding hydrogens is 252 g/mol. The Morgan fingerprint density at radius 3 is 2.94 bits per heavy atom. The molecule has 0 unspecified atom stereocenters. The highest BCUT2D eigenvalue weighted by Crippen LogP contribution is 2.32. The zero-order chi connectivity index (χ0) is 13.0. The van der Waals surface area contributed by atoms with Gasteiger partial charge < -0.3 is 9.84 Å². The molecule has 2 rings (SSSR count). The lowest BCUT2D eigenvalue weighted by Gasteiger charge is -2.09. The van der Waals surface area contributed by atoms with Crippen LogP contribution < -0.4 is 4.74 Å². The van der Waals surface area contributed by atoms with Crippen LogP contribution in [0.4, 0.5) is 0 Å². The molecule has 0 aliphatic heterocycles. The maximum absolute atomic E-state index is 10.5. The number of ether oxygens (including phenoxy) is 1. The summed E-state index contributed by atoms with van der Waals surface area (Å²) in [6, 6.07) is 5.22. The molecule has 96 valence electrons. The Morgan fingerprint density at radius 2 is 2.28 bits per heavy atom. The lowest BCUT2D eigenvalue weighted by atomic mass is 10.2. The van der Waals surface area contributed by atoms with Crippen LogP contribution in [0.15, 0.2) is 24.3 Å². The van der Waals surface area contributed by atoms with Gasteiger partial charge in [0.2, 0.25) is 0 Å². The Morgan fingerprint density at radius 1 is 1.50 bits per heavy atom. The molecule has 18 heavy (non-hydrogen) atoms. The third-order valence-electron chi connectivity index (χ3n) is 2.86. The number of benzene rings is 1. The van der Waals surface area contributed by atoms with Gasteiger partial charge in [0.25, 0.3) is 0 Å².